The third-order valence-corrected chi connectivity index (χ3v) is 0.800. The Hall–Kier alpha value is -0.365. The maximum absolute atomic E-state index is 5.36. The summed E-state index contributed by atoms with van der Waals surface area (Å²) in [4.78, 5) is 0. The van der Waals surface area contributed by atoms with Gasteiger partial charge in [-0.1, -0.05) is 35.8 Å². The van der Waals surface area contributed by atoms with Crippen LogP contribution in [0.4, 0.5) is 0 Å². The summed E-state index contributed by atoms with van der Waals surface area (Å²) in [5, 5.41) is 0. The molecular formula is C6H12BO2P. The predicted molar refractivity (Wildman–Crippen MR) is 50.2 cm³/mol. The third kappa shape index (κ3) is 5.77. The molecule has 0 fully saturated rings. The lowest BCUT2D eigenvalue weighted by Crippen LogP contribution is -1.97. The summed E-state index contributed by atoms with van der Waals surface area (Å²) in [7, 11) is 5.36. The molecule has 1 aromatic carbocycles. The summed E-state index contributed by atoms with van der Waals surface area (Å²) in [6, 6.07) is 9.49. The lowest BCUT2D eigenvalue weighted by molar-refractivity contribution is 0.823. The Morgan fingerprint density at radius 3 is 1.50 bits per heavy atom. The normalized spacial score (nSPS) is 6.00. The topological polar surface area (TPSA) is 63.0 Å². The fourth-order valence-corrected chi connectivity index (χ4v) is 0.453. The van der Waals surface area contributed by atoms with Gasteiger partial charge in [-0.3, -0.25) is 0 Å². The van der Waals surface area contributed by atoms with Gasteiger partial charge in [-0.15, -0.1) is 0 Å². The van der Waals surface area contributed by atoms with Gasteiger partial charge < -0.3 is 11.0 Å². The highest BCUT2D eigenvalue weighted by molar-refractivity contribution is 6.92. The number of benzene rings is 1. The summed E-state index contributed by atoms with van der Waals surface area (Å²) < 4.78 is 0. The minimum atomic E-state index is 0. The lowest BCUT2D eigenvalue weighted by Gasteiger charge is -1.83. The average Bonchev–Trinajstić information content (AvgIpc) is 1.69. The van der Waals surface area contributed by atoms with Crippen molar-refractivity contribution in [2.45, 2.75) is 0 Å². The standard InChI is InChI=1S/C6H5B.2H2O.H3P/c7-6-4-2-1-3-5-6;;;/h1-5H;2*1H2;1H3. The minimum Gasteiger partial charge on any atom is -0.412 e. The molecule has 0 heterocycles. The first kappa shape index (κ1) is 16.3. The number of hydrogen-bond acceptors (Lipinski definition) is 0. The Labute approximate surface area is 65.3 Å². The van der Waals surface area contributed by atoms with Gasteiger partial charge in [0.15, 0.2) is 0 Å². The monoisotopic (exact) mass is 158 g/mol. The maximum atomic E-state index is 5.36. The maximum Gasteiger partial charge on any atom is 0.113 e. The summed E-state index contributed by atoms with van der Waals surface area (Å²) in [6.07, 6.45) is 0. The Morgan fingerprint density at radius 1 is 0.900 bits per heavy atom. The van der Waals surface area contributed by atoms with E-state index in [-0.39, 0.29) is 20.9 Å². The van der Waals surface area contributed by atoms with Crippen molar-refractivity contribution in [2.75, 3.05) is 0 Å². The minimum absolute atomic E-state index is 0. The molecule has 0 aliphatic rings. The Morgan fingerprint density at radius 2 is 1.30 bits per heavy atom. The van der Waals surface area contributed by atoms with E-state index in [1.54, 1.807) is 0 Å². The van der Waals surface area contributed by atoms with E-state index < -0.39 is 0 Å². The largest absolute Gasteiger partial charge is 0.412 e. The highest BCUT2D eigenvalue weighted by Crippen LogP contribution is 1.76. The van der Waals surface area contributed by atoms with Crippen LogP contribution in [0, 0.1) is 0 Å². The quantitative estimate of drug-likeness (QED) is 0.339. The molecule has 0 saturated heterocycles. The zero-order chi connectivity index (χ0) is 5.11. The van der Waals surface area contributed by atoms with Gasteiger partial charge in [0.1, 0.15) is 7.85 Å². The van der Waals surface area contributed by atoms with Gasteiger partial charge in [-0.25, -0.2) is 0 Å². The highest BCUT2D eigenvalue weighted by Gasteiger charge is 1.71. The van der Waals surface area contributed by atoms with Crippen molar-refractivity contribution in [3.8, 4) is 0 Å². The van der Waals surface area contributed by atoms with Gasteiger partial charge in [-0.2, -0.15) is 9.90 Å². The molecule has 0 amide bonds. The van der Waals surface area contributed by atoms with Gasteiger partial charge in [0.25, 0.3) is 0 Å². The molecule has 2 radical (unpaired) electrons. The second kappa shape index (κ2) is 8.63. The molecular weight excluding hydrogens is 146 g/mol. The molecule has 4 heteroatoms. The summed E-state index contributed by atoms with van der Waals surface area (Å²) in [5.74, 6) is 0. The Balaban J connectivity index is -0.000000163. The second-order valence-electron chi connectivity index (χ2n) is 1.41. The first-order valence-corrected chi connectivity index (χ1v) is 2.20. The van der Waals surface area contributed by atoms with Crippen LogP contribution in [-0.4, -0.2) is 18.8 Å². The molecule has 0 spiro atoms. The smallest absolute Gasteiger partial charge is 0.113 e. The second-order valence-corrected chi connectivity index (χ2v) is 1.41. The molecule has 1 rings (SSSR count). The fraction of sp³-hybridized carbons (Fsp3) is 0. The van der Waals surface area contributed by atoms with E-state index in [1.165, 1.54) is 0 Å². The van der Waals surface area contributed by atoms with Crippen LogP contribution in [0.3, 0.4) is 0 Å². The molecule has 0 saturated carbocycles. The van der Waals surface area contributed by atoms with Crippen molar-refractivity contribution in [1.82, 2.24) is 0 Å². The van der Waals surface area contributed by atoms with E-state index in [0.29, 0.717) is 0 Å². The SMILES string of the molecule is O.O.P.[B]c1ccccc1. The number of hydrogen-bond donors (Lipinski definition) is 0. The van der Waals surface area contributed by atoms with Crippen LogP contribution in [0.15, 0.2) is 30.3 Å². The summed E-state index contributed by atoms with van der Waals surface area (Å²) in [5.41, 5.74) is 0.822. The van der Waals surface area contributed by atoms with Crippen LogP contribution in [0.1, 0.15) is 0 Å². The van der Waals surface area contributed by atoms with E-state index in [9.17, 15) is 0 Å². The molecule has 1 unspecified atom stereocenters. The van der Waals surface area contributed by atoms with Gasteiger partial charge in [0.05, 0.1) is 0 Å². The van der Waals surface area contributed by atoms with E-state index in [2.05, 4.69) is 0 Å². The predicted octanol–water partition coefficient (Wildman–Crippen LogP) is -1.11. The molecule has 0 aliphatic carbocycles. The zero-order valence-electron chi connectivity index (χ0n) is 5.67. The third-order valence-electron chi connectivity index (χ3n) is 0.800. The molecule has 10 heavy (non-hydrogen) atoms. The fourth-order valence-electron chi connectivity index (χ4n) is 0.453. The van der Waals surface area contributed by atoms with Crippen LogP contribution >= 0.6 is 9.90 Å². The molecule has 0 aliphatic heterocycles. The molecule has 1 atom stereocenters. The Bertz CT molecular complexity index is 146. The van der Waals surface area contributed by atoms with Crippen LogP contribution in [-0.2, 0) is 0 Å². The number of rotatable bonds is 0. The summed E-state index contributed by atoms with van der Waals surface area (Å²) in [6.45, 7) is 0. The van der Waals surface area contributed by atoms with Crippen molar-refractivity contribution in [3.05, 3.63) is 30.3 Å². The molecule has 0 aromatic heterocycles. The van der Waals surface area contributed by atoms with Crippen molar-refractivity contribution in [1.29, 1.82) is 0 Å². The Kier molecular flexibility index (Phi) is 14.1. The van der Waals surface area contributed by atoms with Crippen molar-refractivity contribution in [2.24, 2.45) is 0 Å². The molecule has 2 nitrogen and oxygen atoms in total. The van der Waals surface area contributed by atoms with Gasteiger partial charge in [0, 0.05) is 0 Å². The van der Waals surface area contributed by atoms with Gasteiger partial charge in [-0.05, 0) is 0 Å². The highest BCUT2D eigenvalue weighted by atomic mass is 31.0. The van der Waals surface area contributed by atoms with Gasteiger partial charge >= 0.3 is 0 Å². The van der Waals surface area contributed by atoms with E-state index >= 15 is 0 Å². The van der Waals surface area contributed by atoms with E-state index in [0.717, 1.165) is 5.46 Å². The molecule has 1 aromatic rings. The van der Waals surface area contributed by atoms with Crippen molar-refractivity contribution >= 4 is 23.2 Å². The van der Waals surface area contributed by atoms with Crippen LogP contribution in [0.2, 0.25) is 0 Å². The lowest BCUT2D eigenvalue weighted by atomic mass is 9.97. The van der Waals surface area contributed by atoms with Crippen molar-refractivity contribution in [3.63, 3.8) is 0 Å². The summed E-state index contributed by atoms with van der Waals surface area (Å²) >= 11 is 0. The van der Waals surface area contributed by atoms with Crippen molar-refractivity contribution < 1.29 is 11.0 Å². The first-order valence-electron chi connectivity index (χ1n) is 2.20. The van der Waals surface area contributed by atoms with Crippen LogP contribution in [0.25, 0.3) is 0 Å². The molecule has 4 N–H and O–H groups in total. The first-order chi connectivity index (χ1) is 3.39. The average molecular weight is 158 g/mol. The van der Waals surface area contributed by atoms with Crippen LogP contribution < -0.4 is 5.46 Å². The van der Waals surface area contributed by atoms with E-state index in [4.69, 9.17) is 7.85 Å². The molecule has 56 valence electrons. The van der Waals surface area contributed by atoms with E-state index in [1.807, 2.05) is 30.3 Å². The van der Waals surface area contributed by atoms with Gasteiger partial charge in [0.2, 0.25) is 0 Å². The zero-order valence-corrected chi connectivity index (χ0v) is 7.09. The van der Waals surface area contributed by atoms with Crippen LogP contribution in [0.5, 0.6) is 0 Å². The molecule has 0 bridgehead atoms.